The number of fused-ring (bicyclic) bond motifs is 4. The number of aliphatic hydroxyl groups is 2. The minimum absolute atomic E-state index is 0.0936. The van der Waals surface area contributed by atoms with Gasteiger partial charge in [-0.3, -0.25) is 9.59 Å². The van der Waals surface area contributed by atoms with Gasteiger partial charge in [0, 0.05) is 43.6 Å². The normalized spacial score (nSPS) is 33.3. The van der Waals surface area contributed by atoms with Crippen LogP contribution in [0.3, 0.4) is 0 Å². The molecule has 2 aromatic rings. The SMILES string of the molecule is CC(=O)O[C@@H]1C2=C(C)[C@@H](OC(=O)[C@H](O)[C@H](CC(C)C)NC(=O)OC(C)(C)C)C[C@@](O)([C@@H](OC(=O)c3ccccc3)[C@H]3C4[C@H](C[C@H]5OC[C@@]35OC(C)=O)O[C@H](c3ccccc3)O[C@H]41)C2(C)C. The predicted molar refractivity (Wildman–Crippen MR) is 231 cm³/mol. The van der Waals surface area contributed by atoms with Crippen LogP contribution in [0.25, 0.3) is 0 Å². The zero-order chi connectivity index (χ0) is 47.4. The Morgan fingerprint density at radius 1 is 0.908 bits per heavy atom. The maximum atomic E-state index is 14.5. The molecule has 2 saturated carbocycles. The highest BCUT2D eigenvalue weighted by Crippen LogP contribution is 2.64. The Hall–Kier alpha value is -4.87. The van der Waals surface area contributed by atoms with Gasteiger partial charge in [0.1, 0.15) is 35.6 Å². The Balaban J connectivity index is 1.42. The maximum absolute atomic E-state index is 14.5. The summed E-state index contributed by atoms with van der Waals surface area (Å²) in [7, 11) is 0. The van der Waals surface area contributed by atoms with Crippen LogP contribution in [0.2, 0.25) is 0 Å². The van der Waals surface area contributed by atoms with Crippen LogP contribution >= 0.6 is 0 Å². The number of benzene rings is 2. The van der Waals surface area contributed by atoms with Gasteiger partial charge < -0.3 is 53.4 Å². The number of alkyl carbamates (subject to hydrolysis) is 1. The third-order valence-electron chi connectivity index (χ3n) is 13.7. The van der Waals surface area contributed by atoms with E-state index in [0.29, 0.717) is 16.7 Å². The summed E-state index contributed by atoms with van der Waals surface area (Å²) < 4.78 is 50.9. The smallest absolute Gasteiger partial charge is 0.407 e. The molecule has 2 heterocycles. The molecule has 16 nitrogen and oxygen atoms in total. The summed E-state index contributed by atoms with van der Waals surface area (Å²) in [6, 6.07) is 16.3. The summed E-state index contributed by atoms with van der Waals surface area (Å²) in [5, 5.41) is 28.2. The Morgan fingerprint density at radius 3 is 2.12 bits per heavy atom. The zero-order valence-corrected chi connectivity index (χ0v) is 38.7. The van der Waals surface area contributed by atoms with Gasteiger partial charge >= 0.3 is 30.0 Å². The van der Waals surface area contributed by atoms with Gasteiger partial charge in [-0.2, -0.15) is 0 Å². The lowest BCUT2D eigenvalue weighted by molar-refractivity contribution is -0.387. The van der Waals surface area contributed by atoms with Crippen molar-refractivity contribution in [2.24, 2.45) is 23.2 Å². The number of esters is 4. The molecule has 2 aromatic carbocycles. The fourth-order valence-electron chi connectivity index (χ4n) is 10.9. The van der Waals surface area contributed by atoms with E-state index in [1.165, 1.54) is 13.8 Å². The molecule has 0 radical (unpaired) electrons. The van der Waals surface area contributed by atoms with Crippen molar-refractivity contribution in [2.75, 3.05) is 6.61 Å². The third-order valence-corrected chi connectivity index (χ3v) is 13.7. The van der Waals surface area contributed by atoms with Crippen molar-refractivity contribution >= 4 is 30.0 Å². The molecular formula is C49H63NO15. The number of rotatable bonds is 11. The van der Waals surface area contributed by atoms with E-state index in [1.54, 1.807) is 71.9 Å². The standard InChI is InChI=1S/C49H63NO15/c1-25(2)21-31(50-45(56)65-46(6,7)8)38(53)43(55)60-33-23-49(57)41(63-42(54)29-17-13-11-14-18-29)37-35-32(22-34-48(37,24-58-34)64-28(5)52)61-44(30-19-15-12-16-20-30)62-39(35)40(59-27(4)51)36(26(33)3)47(49,9)10/h11-20,25,31-35,37-41,44,53,57H,21-24H2,1-10H3,(H,50,56)/t31-,32-,33-,34+,35?,37+,38+,39+,40+,41-,44-,48-,49+/m0/s1. The highest BCUT2D eigenvalue weighted by atomic mass is 16.7. The van der Waals surface area contributed by atoms with E-state index in [2.05, 4.69) is 5.32 Å². The van der Waals surface area contributed by atoms with Crippen LogP contribution in [-0.2, 0) is 52.3 Å². The average molecular weight is 906 g/mol. The van der Waals surface area contributed by atoms with Crippen molar-refractivity contribution in [1.29, 1.82) is 0 Å². The van der Waals surface area contributed by atoms with Gasteiger partial charge in [0.05, 0.1) is 30.2 Å². The van der Waals surface area contributed by atoms with Crippen LogP contribution in [0.15, 0.2) is 71.8 Å². The maximum Gasteiger partial charge on any atom is 0.407 e. The highest BCUT2D eigenvalue weighted by molar-refractivity contribution is 5.89. The Bertz CT molecular complexity index is 2150. The van der Waals surface area contributed by atoms with E-state index in [1.807, 2.05) is 44.2 Å². The number of carbonyl (C=O) groups excluding carboxylic acids is 5. The van der Waals surface area contributed by atoms with Crippen LogP contribution in [0, 0.1) is 23.2 Å². The first-order valence-electron chi connectivity index (χ1n) is 22.4. The minimum atomic E-state index is -2.21. The molecule has 0 spiro atoms. The summed E-state index contributed by atoms with van der Waals surface area (Å²) in [5.41, 5.74) is -4.55. The Labute approximate surface area is 379 Å². The molecule has 65 heavy (non-hydrogen) atoms. The molecule has 2 aliphatic heterocycles. The molecule has 2 bridgehead atoms. The molecule has 7 rings (SSSR count). The Kier molecular flexibility index (Phi) is 13.4. The fraction of sp³-hybridized carbons (Fsp3) is 0.612. The van der Waals surface area contributed by atoms with Crippen molar-refractivity contribution in [1.82, 2.24) is 5.32 Å². The van der Waals surface area contributed by atoms with E-state index >= 15 is 0 Å². The number of aliphatic hydroxyl groups excluding tert-OH is 1. The average Bonchev–Trinajstić information content (AvgIpc) is 3.21. The van der Waals surface area contributed by atoms with Gasteiger partial charge in [-0.15, -0.1) is 0 Å². The largest absolute Gasteiger partial charge is 0.456 e. The molecule has 1 unspecified atom stereocenters. The summed E-state index contributed by atoms with van der Waals surface area (Å²) in [4.78, 5) is 68.4. The van der Waals surface area contributed by atoms with E-state index in [4.69, 9.17) is 37.9 Å². The van der Waals surface area contributed by atoms with Gasteiger partial charge in [-0.25, -0.2) is 14.4 Å². The van der Waals surface area contributed by atoms with E-state index < -0.39 is 126 Å². The monoisotopic (exact) mass is 905 g/mol. The predicted octanol–water partition coefficient (Wildman–Crippen LogP) is 5.67. The molecule has 4 fully saturated rings. The van der Waals surface area contributed by atoms with Crippen LogP contribution in [0.1, 0.15) is 111 Å². The minimum Gasteiger partial charge on any atom is -0.456 e. The fourth-order valence-corrected chi connectivity index (χ4v) is 10.9. The van der Waals surface area contributed by atoms with E-state index in [9.17, 15) is 34.2 Å². The first kappa shape index (κ1) is 48.1. The zero-order valence-electron chi connectivity index (χ0n) is 38.7. The van der Waals surface area contributed by atoms with Crippen LogP contribution in [-0.4, -0.2) is 112 Å². The first-order valence-corrected chi connectivity index (χ1v) is 22.4. The van der Waals surface area contributed by atoms with Crippen molar-refractivity contribution < 1.29 is 72.1 Å². The molecule has 1 amide bonds. The van der Waals surface area contributed by atoms with Gasteiger partial charge in [0.15, 0.2) is 24.1 Å². The molecule has 5 aliphatic rings. The molecule has 3 aliphatic carbocycles. The highest BCUT2D eigenvalue weighted by Gasteiger charge is 2.76. The molecule has 2 saturated heterocycles. The first-order chi connectivity index (χ1) is 30.5. The molecule has 3 N–H and O–H groups in total. The summed E-state index contributed by atoms with van der Waals surface area (Å²) in [6.45, 7) is 16.3. The van der Waals surface area contributed by atoms with Crippen molar-refractivity contribution in [3.8, 4) is 0 Å². The Morgan fingerprint density at radius 2 is 1.55 bits per heavy atom. The van der Waals surface area contributed by atoms with Gasteiger partial charge in [0.25, 0.3) is 0 Å². The van der Waals surface area contributed by atoms with Crippen LogP contribution in [0.5, 0.6) is 0 Å². The summed E-state index contributed by atoms with van der Waals surface area (Å²) in [5.74, 6) is -5.37. The van der Waals surface area contributed by atoms with E-state index in [0.717, 1.165) is 0 Å². The number of hydrogen-bond acceptors (Lipinski definition) is 15. The second-order valence-corrected chi connectivity index (χ2v) is 20.0. The van der Waals surface area contributed by atoms with Crippen LogP contribution in [0.4, 0.5) is 4.79 Å². The summed E-state index contributed by atoms with van der Waals surface area (Å²) in [6.07, 6.45) is -10.6. The van der Waals surface area contributed by atoms with Gasteiger partial charge in [-0.1, -0.05) is 76.2 Å². The lowest BCUT2D eigenvalue weighted by atomic mass is 9.48. The number of nitrogens with one attached hydrogen (secondary N) is 1. The third kappa shape index (κ3) is 9.16. The van der Waals surface area contributed by atoms with Gasteiger partial charge in [0.2, 0.25) is 0 Å². The molecule has 13 atom stereocenters. The topological polar surface area (TPSA) is 212 Å². The summed E-state index contributed by atoms with van der Waals surface area (Å²) >= 11 is 0. The lowest BCUT2D eigenvalue weighted by Crippen LogP contribution is -2.80. The van der Waals surface area contributed by atoms with E-state index in [-0.39, 0.29) is 30.9 Å². The second kappa shape index (κ2) is 18.1. The molecule has 0 aromatic heterocycles. The molecule has 16 heteroatoms. The molecule has 354 valence electrons. The number of amides is 1. The van der Waals surface area contributed by atoms with Crippen LogP contribution < -0.4 is 5.32 Å². The number of ether oxygens (including phenoxy) is 8. The van der Waals surface area contributed by atoms with Crippen molar-refractivity contribution in [3.63, 3.8) is 0 Å². The second-order valence-electron chi connectivity index (χ2n) is 20.0. The van der Waals surface area contributed by atoms with Crippen molar-refractivity contribution in [2.45, 2.75) is 160 Å². The quantitative estimate of drug-likeness (QED) is 0.141. The van der Waals surface area contributed by atoms with Crippen molar-refractivity contribution in [3.05, 3.63) is 82.9 Å². The number of hydrogen-bond donors (Lipinski definition) is 3. The number of carbonyl (C=O) groups is 5. The lowest BCUT2D eigenvalue weighted by Gasteiger charge is -2.67. The molecular weight excluding hydrogens is 843 g/mol. The van der Waals surface area contributed by atoms with Gasteiger partial charge in [-0.05, 0) is 63.3 Å².